The average Bonchev–Trinajstić information content (AvgIpc) is 2.62. The topological polar surface area (TPSA) is 29.1 Å². The van der Waals surface area contributed by atoms with Crippen LogP contribution in [0.3, 0.4) is 0 Å². The minimum atomic E-state index is -0.138. The van der Waals surface area contributed by atoms with Gasteiger partial charge in [-0.05, 0) is 34.9 Å². The van der Waals surface area contributed by atoms with Gasteiger partial charge in [0.25, 0.3) is 0 Å². The maximum atomic E-state index is 11.9. The molecule has 0 radical (unpaired) electrons. The molecule has 1 amide bonds. The normalized spacial score (nSPS) is 10.6. The van der Waals surface area contributed by atoms with Crippen LogP contribution in [0.15, 0.2) is 91.0 Å². The zero-order chi connectivity index (χ0) is 15.9. The molecule has 0 unspecified atom stereocenters. The SMILES string of the molecule is O=C(C=Cc1ccccc1)Nc1ccc(-c2ccccc2)cc1. The number of hydrogen-bond donors (Lipinski definition) is 1. The van der Waals surface area contributed by atoms with Crippen molar-refractivity contribution in [1.29, 1.82) is 0 Å². The first-order valence-electron chi connectivity index (χ1n) is 7.51. The predicted octanol–water partition coefficient (Wildman–Crippen LogP) is 5.01. The van der Waals surface area contributed by atoms with E-state index in [9.17, 15) is 4.79 Å². The lowest BCUT2D eigenvalue weighted by Gasteiger charge is -2.05. The van der Waals surface area contributed by atoms with Crippen molar-refractivity contribution in [2.24, 2.45) is 0 Å². The minimum Gasteiger partial charge on any atom is -0.323 e. The van der Waals surface area contributed by atoms with Gasteiger partial charge in [-0.1, -0.05) is 72.8 Å². The molecule has 23 heavy (non-hydrogen) atoms. The molecule has 0 aliphatic rings. The number of amides is 1. The summed E-state index contributed by atoms with van der Waals surface area (Å²) in [5, 5.41) is 2.87. The highest BCUT2D eigenvalue weighted by atomic mass is 16.1. The highest BCUT2D eigenvalue weighted by Gasteiger charge is 2.00. The Kier molecular flexibility index (Phi) is 4.65. The number of nitrogens with one attached hydrogen (secondary N) is 1. The first-order valence-corrected chi connectivity index (χ1v) is 7.51. The number of benzene rings is 3. The number of hydrogen-bond acceptors (Lipinski definition) is 1. The van der Waals surface area contributed by atoms with Crippen LogP contribution in [0.25, 0.3) is 17.2 Å². The number of anilines is 1. The van der Waals surface area contributed by atoms with Gasteiger partial charge in [0.2, 0.25) is 5.91 Å². The first kappa shape index (κ1) is 14.8. The predicted molar refractivity (Wildman–Crippen MR) is 96.0 cm³/mol. The number of rotatable bonds is 4. The lowest BCUT2D eigenvalue weighted by Crippen LogP contribution is -2.07. The third kappa shape index (κ3) is 4.17. The van der Waals surface area contributed by atoms with Crippen LogP contribution in [-0.2, 0) is 4.79 Å². The summed E-state index contributed by atoms with van der Waals surface area (Å²) < 4.78 is 0. The quantitative estimate of drug-likeness (QED) is 0.674. The Morgan fingerprint density at radius 3 is 1.91 bits per heavy atom. The van der Waals surface area contributed by atoms with Gasteiger partial charge in [0, 0.05) is 11.8 Å². The second-order valence-electron chi connectivity index (χ2n) is 5.18. The van der Waals surface area contributed by atoms with Crippen molar-refractivity contribution < 1.29 is 4.79 Å². The van der Waals surface area contributed by atoms with Crippen molar-refractivity contribution >= 4 is 17.7 Å². The van der Waals surface area contributed by atoms with Crippen molar-refractivity contribution in [1.82, 2.24) is 0 Å². The molecule has 0 saturated carbocycles. The van der Waals surface area contributed by atoms with Gasteiger partial charge in [-0.25, -0.2) is 0 Å². The highest BCUT2D eigenvalue weighted by Crippen LogP contribution is 2.20. The van der Waals surface area contributed by atoms with E-state index in [4.69, 9.17) is 0 Å². The minimum absolute atomic E-state index is 0.138. The Hall–Kier alpha value is -3.13. The van der Waals surface area contributed by atoms with E-state index in [-0.39, 0.29) is 5.91 Å². The molecule has 0 spiro atoms. The van der Waals surface area contributed by atoms with E-state index in [1.807, 2.05) is 72.8 Å². The Morgan fingerprint density at radius 1 is 0.696 bits per heavy atom. The molecule has 0 aliphatic carbocycles. The second-order valence-corrected chi connectivity index (χ2v) is 5.18. The summed E-state index contributed by atoms with van der Waals surface area (Å²) in [6.45, 7) is 0. The maximum absolute atomic E-state index is 11.9. The van der Waals surface area contributed by atoms with Crippen molar-refractivity contribution in [3.05, 3.63) is 96.6 Å². The van der Waals surface area contributed by atoms with Gasteiger partial charge in [0.15, 0.2) is 0 Å². The molecule has 2 nitrogen and oxygen atoms in total. The van der Waals surface area contributed by atoms with E-state index in [0.29, 0.717) is 0 Å². The van der Waals surface area contributed by atoms with E-state index in [1.165, 1.54) is 0 Å². The van der Waals surface area contributed by atoms with Crippen LogP contribution in [0.2, 0.25) is 0 Å². The van der Waals surface area contributed by atoms with Crippen molar-refractivity contribution in [3.8, 4) is 11.1 Å². The van der Waals surface area contributed by atoms with Gasteiger partial charge in [0.1, 0.15) is 0 Å². The van der Waals surface area contributed by atoms with E-state index in [1.54, 1.807) is 12.2 Å². The van der Waals surface area contributed by atoms with Crippen LogP contribution in [0.5, 0.6) is 0 Å². The zero-order valence-corrected chi connectivity index (χ0v) is 12.6. The third-order valence-corrected chi connectivity index (χ3v) is 3.49. The van der Waals surface area contributed by atoms with Crippen LogP contribution in [0.4, 0.5) is 5.69 Å². The molecule has 0 aromatic heterocycles. The lowest BCUT2D eigenvalue weighted by atomic mass is 10.1. The van der Waals surface area contributed by atoms with Crippen LogP contribution in [-0.4, -0.2) is 5.91 Å². The smallest absolute Gasteiger partial charge is 0.248 e. The maximum Gasteiger partial charge on any atom is 0.248 e. The fraction of sp³-hybridized carbons (Fsp3) is 0. The van der Waals surface area contributed by atoms with Gasteiger partial charge in [-0.15, -0.1) is 0 Å². The Morgan fingerprint density at radius 2 is 1.26 bits per heavy atom. The third-order valence-electron chi connectivity index (χ3n) is 3.49. The molecule has 0 bridgehead atoms. The van der Waals surface area contributed by atoms with Gasteiger partial charge in [0.05, 0.1) is 0 Å². The fourth-order valence-electron chi connectivity index (χ4n) is 2.30. The zero-order valence-electron chi connectivity index (χ0n) is 12.6. The molecule has 0 aliphatic heterocycles. The molecule has 112 valence electrons. The summed E-state index contributed by atoms with van der Waals surface area (Å²) in [5.74, 6) is -0.138. The number of carbonyl (C=O) groups is 1. The Bertz CT molecular complexity index is 790. The fourth-order valence-corrected chi connectivity index (χ4v) is 2.30. The largest absolute Gasteiger partial charge is 0.323 e. The van der Waals surface area contributed by atoms with E-state index < -0.39 is 0 Å². The van der Waals surface area contributed by atoms with E-state index >= 15 is 0 Å². The first-order chi connectivity index (χ1) is 11.3. The molecule has 0 heterocycles. The van der Waals surface area contributed by atoms with E-state index in [0.717, 1.165) is 22.4 Å². The molecule has 3 rings (SSSR count). The standard InChI is InChI=1S/C21H17NO/c23-21(16-11-17-7-3-1-4-8-17)22-20-14-12-19(13-15-20)18-9-5-2-6-10-18/h1-16H,(H,22,23). The van der Waals surface area contributed by atoms with Gasteiger partial charge < -0.3 is 5.32 Å². The lowest BCUT2D eigenvalue weighted by molar-refractivity contribution is -0.111. The highest BCUT2D eigenvalue weighted by molar-refractivity contribution is 6.02. The Balaban J connectivity index is 1.64. The molecule has 3 aromatic carbocycles. The monoisotopic (exact) mass is 299 g/mol. The van der Waals surface area contributed by atoms with E-state index in [2.05, 4.69) is 17.4 Å². The molecular formula is C21H17NO. The average molecular weight is 299 g/mol. The van der Waals surface area contributed by atoms with Crippen molar-refractivity contribution in [2.45, 2.75) is 0 Å². The van der Waals surface area contributed by atoms with Crippen LogP contribution in [0.1, 0.15) is 5.56 Å². The molecule has 0 atom stereocenters. The van der Waals surface area contributed by atoms with Gasteiger partial charge in [-0.3, -0.25) is 4.79 Å². The summed E-state index contributed by atoms with van der Waals surface area (Å²) in [7, 11) is 0. The molecule has 0 saturated heterocycles. The summed E-state index contributed by atoms with van der Waals surface area (Å²) in [5.41, 5.74) is 4.08. The van der Waals surface area contributed by atoms with Gasteiger partial charge in [-0.2, -0.15) is 0 Å². The van der Waals surface area contributed by atoms with Crippen LogP contribution in [0, 0.1) is 0 Å². The molecular weight excluding hydrogens is 282 g/mol. The Labute approximate surface area is 136 Å². The molecule has 2 heteroatoms. The summed E-state index contributed by atoms with van der Waals surface area (Å²) >= 11 is 0. The summed E-state index contributed by atoms with van der Waals surface area (Å²) in [6.07, 6.45) is 3.34. The van der Waals surface area contributed by atoms with Crippen molar-refractivity contribution in [3.63, 3.8) is 0 Å². The van der Waals surface area contributed by atoms with Crippen LogP contribution < -0.4 is 5.32 Å². The van der Waals surface area contributed by atoms with Gasteiger partial charge >= 0.3 is 0 Å². The number of carbonyl (C=O) groups excluding carboxylic acids is 1. The molecule has 3 aromatic rings. The second kappa shape index (κ2) is 7.23. The summed E-state index contributed by atoms with van der Waals surface area (Å²) in [6, 6.07) is 27.7. The molecule has 1 N–H and O–H groups in total. The van der Waals surface area contributed by atoms with Crippen molar-refractivity contribution in [2.75, 3.05) is 5.32 Å². The van der Waals surface area contributed by atoms with Crippen LogP contribution >= 0.6 is 0 Å². The molecule has 0 fully saturated rings. The summed E-state index contributed by atoms with van der Waals surface area (Å²) in [4.78, 5) is 11.9.